The normalized spacial score (nSPS) is 12.2. The third-order valence-corrected chi connectivity index (χ3v) is 3.01. The fourth-order valence-electron chi connectivity index (χ4n) is 1.89. The largest absolute Gasteiger partial charge is 0.326 e. The summed E-state index contributed by atoms with van der Waals surface area (Å²) in [6.07, 6.45) is 2.31. The van der Waals surface area contributed by atoms with Crippen LogP contribution in [0.5, 0.6) is 0 Å². The fourth-order valence-corrected chi connectivity index (χ4v) is 1.89. The lowest BCUT2D eigenvalue weighted by Gasteiger charge is -2.12. The van der Waals surface area contributed by atoms with E-state index in [9.17, 15) is 4.79 Å². The zero-order valence-corrected chi connectivity index (χ0v) is 11.6. The van der Waals surface area contributed by atoms with E-state index in [4.69, 9.17) is 0 Å². The number of benzene rings is 1. The second-order valence-corrected chi connectivity index (χ2v) is 4.90. The smallest absolute Gasteiger partial charge is 0.226 e. The molecule has 1 unspecified atom stereocenters. The summed E-state index contributed by atoms with van der Waals surface area (Å²) in [5, 5.41) is 7.22. The molecule has 0 fully saturated rings. The molecule has 0 bridgehead atoms. The van der Waals surface area contributed by atoms with E-state index in [1.165, 1.54) is 5.56 Å². The van der Waals surface area contributed by atoms with Crippen molar-refractivity contribution in [3.63, 3.8) is 0 Å². The van der Waals surface area contributed by atoms with Gasteiger partial charge < -0.3 is 5.32 Å². The Morgan fingerprint density at radius 2 is 1.95 bits per heavy atom. The molecule has 4 nitrogen and oxygen atoms in total. The number of rotatable bonds is 4. The first-order valence-corrected chi connectivity index (χ1v) is 6.43. The van der Waals surface area contributed by atoms with Crippen molar-refractivity contribution in [3.8, 4) is 0 Å². The summed E-state index contributed by atoms with van der Waals surface area (Å²) < 4.78 is 1.82. The molecular formula is C15H19N3O. The average molecular weight is 257 g/mol. The van der Waals surface area contributed by atoms with Crippen molar-refractivity contribution in [2.75, 3.05) is 5.32 Å². The highest BCUT2D eigenvalue weighted by Crippen LogP contribution is 2.13. The molecule has 19 heavy (non-hydrogen) atoms. The Hall–Kier alpha value is -2.10. The van der Waals surface area contributed by atoms with Crippen LogP contribution in [-0.4, -0.2) is 15.7 Å². The lowest BCUT2D eigenvalue weighted by molar-refractivity contribution is -0.116. The number of aromatic nitrogens is 2. The van der Waals surface area contributed by atoms with Gasteiger partial charge in [0.15, 0.2) is 0 Å². The van der Waals surface area contributed by atoms with E-state index in [-0.39, 0.29) is 11.9 Å². The van der Waals surface area contributed by atoms with E-state index < -0.39 is 0 Å². The van der Waals surface area contributed by atoms with E-state index in [0.29, 0.717) is 6.42 Å². The lowest BCUT2D eigenvalue weighted by atomic mass is 10.2. The number of hydrogen-bond acceptors (Lipinski definition) is 2. The van der Waals surface area contributed by atoms with Gasteiger partial charge in [-0.05, 0) is 39.0 Å². The standard InChI is InChI=1S/C15H19N3O/c1-11-4-6-14(7-5-11)16-15(19)10-13(3)18-9-8-12(2)17-18/h4-9,13H,10H2,1-3H3,(H,16,19). The van der Waals surface area contributed by atoms with Gasteiger partial charge in [-0.1, -0.05) is 17.7 Å². The molecule has 1 atom stereocenters. The van der Waals surface area contributed by atoms with Crippen molar-refractivity contribution in [3.05, 3.63) is 47.8 Å². The molecule has 1 aromatic heterocycles. The molecular weight excluding hydrogens is 238 g/mol. The van der Waals surface area contributed by atoms with Crippen LogP contribution in [0.4, 0.5) is 5.69 Å². The number of carbonyl (C=O) groups excluding carboxylic acids is 1. The lowest BCUT2D eigenvalue weighted by Crippen LogP contribution is -2.18. The second-order valence-electron chi connectivity index (χ2n) is 4.90. The van der Waals surface area contributed by atoms with Gasteiger partial charge in [-0.15, -0.1) is 0 Å². The van der Waals surface area contributed by atoms with E-state index in [0.717, 1.165) is 11.4 Å². The molecule has 0 saturated carbocycles. The number of aryl methyl sites for hydroxylation is 2. The molecule has 2 rings (SSSR count). The Bertz CT molecular complexity index is 557. The number of carbonyl (C=O) groups is 1. The summed E-state index contributed by atoms with van der Waals surface area (Å²) in [4.78, 5) is 11.9. The number of anilines is 1. The predicted molar refractivity (Wildman–Crippen MR) is 76.1 cm³/mol. The monoisotopic (exact) mass is 257 g/mol. The van der Waals surface area contributed by atoms with Gasteiger partial charge in [-0.3, -0.25) is 9.48 Å². The highest BCUT2D eigenvalue weighted by Gasteiger charge is 2.11. The Morgan fingerprint density at radius 3 is 2.53 bits per heavy atom. The van der Waals surface area contributed by atoms with E-state index in [1.807, 2.05) is 62.0 Å². The van der Waals surface area contributed by atoms with Crippen LogP contribution in [0.25, 0.3) is 0 Å². The van der Waals surface area contributed by atoms with Gasteiger partial charge in [0.05, 0.1) is 11.7 Å². The quantitative estimate of drug-likeness (QED) is 0.915. The zero-order chi connectivity index (χ0) is 13.8. The molecule has 0 saturated heterocycles. The van der Waals surface area contributed by atoms with Crippen LogP contribution >= 0.6 is 0 Å². The molecule has 1 heterocycles. The minimum Gasteiger partial charge on any atom is -0.326 e. The first kappa shape index (κ1) is 13.3. The van der Waals surface area contributed by atoms with Crippen LogP contribution in [0.3, 0.4) is 0 Å². The SMILES string of the molecule is Cc1ccc(NC(=O)CC(C)n2ccc(C)n2)cc1. The molecule has 0 radical (unpaired) electrons. The maximum absolute atomic E-state index is 11.9. The first-order valence-electron chi connectivity index (χ1n) is 6.43. The van der Waals surface area contributed by atoms with Gasteiger partial charge >= 0.3 is 0 Å². The Balaban J connectivity index is 1.92. The van der Waals surface area contributed by atoms with Crippen molar-refractivity contribution in [1.29, 1.82) is 0 Å². The number of nitrogens with one attached hydrogen (secondary N) is 1. The molecule has 1 N–H and O–H groups in total. The number of hydrogen-bond donors (Lipinski definition) is 1. The second kappa shape index (κ2) is 5.69. The summed E-state index contributed by atoms with van der Waals surface area (Å²) in [7, 11) is 0. The summed E-state index contributed by atoms with van der Waals surface area (Å²) in [5.74, 6) is 0.00417. The van der Waals surface area contributed by atoms with Crippen LogP contribution in [0.2, 0.25) is 0 Å². The maximum atomic E-state index is 11.9. The third-order valence-electron chi connectivity index (χ3n) is 3.01. The van der Waals surface area contributed by atoms with Crippen molar-refractivity contribution in [2.24, 2.45) is 0 Å². The Morgan fingerprint density at radius 1 is 1.26 bits per heavy atom. The van der Waals surface area contributed by atoms with E-state index >= 15 is 0 Å². The summed E-state index contributed by atoms with van der Waals surface area (Å²) in [5.41, 5.74) is 2.98. The van der Waals surface area contributed by atoms with Gasteiger partial charge in [0.1, 0.15) is 0 Å². The van der Waals surface area contributed by atoms with Crippen LogP contribution in [0, 0.1) is 13.8 Å². The summed E-state index contributed by atoms with van der Waals surface area (Å²) in [6.45, 7) is 5.95. The molecule has 0 aliphatic carbocycles. The zero-order valence-electron chi connectivity index (χ0n) is 11.6. The molecule has 1 amide bonds. The molecule has 2 aromatic rings. The minimum atomic E-state index is 0.00417. The maximum Gasteiger partial charge on any atom is 0.226 e. The van der Waals surface area contributed by atoms with Crippen LogP contribution < -0.4 is 5.32 Å². The molecule has 4 heteroatoms. The van der Waals surface area contributed by atoms with Crippen molar-refractivity contribution >= 4 is 11.6 Å². The van der Waals surface area contributed by atoms with Gasteiger partial charge in [0, 0.05) is 18.3 Å². The topological polar surface area (TPSA) is 46.9 Å². The van der Waals surface area contributed by atoms with E-state index in [1.54, 1.807) is 0 Å². The third kappa shape index (κ3) is 3.68. The van der Waals surface area contributed by atoms with Crippen molar-refractivity contribution < 1.29 is 4.79 Å². The Kier molecular flexibility index (Phi) is 4.00. The highest BCUT2D eigenvalue weighted by atomic mass is 16.1. The number of nitrogens with zero attached hydrogens (tertiary/aromatic N) is 2. The van der Waals surface area contributed by atoms with Gasteiger partial charge in [-0.2, -0.15) is 5.10 Å². The molecule has 100 valence electrons. The predicted octanol–water partition coefficient (Wildman–Crippen LogP) is 3.09. The summed E-state index contributed by atoms with van der Waals surface area (Å²) >= 11 is 0. The fraction of sp³-hybridized carbons (Fsp3) is 0.333. The number of amides is 1. The van der Waals surface area contributed by atoms with Crippen LogP contribution in [0.15, 0.2) is 36.5 Å². The molecule has 1 aromatic carbocycles. The van der Waals surface area contributed by atoms with E-state index in [2.05, 4.69) is 10.4 Å². The minimum absolute atomic E-state index is 0.00417. The van der Waals surface area contributed by atoms with Gasteiger partial charge in [0.25, 0.3) is 0 Å². The Labute approximate surface area is 113 Å². The van der Waals surface area contributed by atoms with Crippen LogP contribution in [0.1, 0.15) is 30.6 Å². The molecule has 0 aliphatic rings. The average Bonchev–Trinajstić information content (AvgIpc) is 2.79. The van der Waals surface area contributed by atoms with Gasteiger partial charge in [-0.25, -0.2) is 0 Å². The highest BCUT2D eigenvalue weighted by molar-refractivity contribution is 5.90. The summed E-state index contributed by atoms with van der Waals surface area (Å²) in [6, 6.07) is 9.78. The first-order chi connectivity index (χ1) is 9.04. The van der Waals surface area contributed by atoms with Gasteiger partial charge in [0.2, 0.25) is 5.91 Å². The van der Waals surface area contributed by atoms with Crippen molar-refractivity contribution in [2.45, 2.75) is 33.2 Å². The molecule has 0 aliphatic heterocycles. The molecule has 0 spiro atoms. The van der Waals surface area contributed by atoms with Crippen molar-refractivity contribution in [1.82, 2.24) is 9.78 Å². The van der Waals surface area contributed by atoms with Crippen LogP contribution in [-0.2, 0) is 4.79 Å².